The van der Waals surface area contributed by atoms with Gasteiger partial charge in [0.2, 0.25) is 0 Å². The normalized spacial score (nSPS) is 10.2. The summed E-state index contributed by atoms with van der Waals surface area (Å²) in [6, 6.07) is 4.13. The number of nitrogens with zero attached hydrogens (tertiary/aromatic N) is 3. The molecule has 0 aliphatic rings. The van der Waals surface area contributed by atoms with Crippen molar-refractivity contribution in [2.75, 3.05) is 5.73 Å². The van der Waals surface area contributed by atoms with Crippen LogP contribution in [0.4, 0.5) is 11.4 Å². The van der Waals surface area contributed by atoms with Gasteiger partial charge in [-0.05, 0) is 6.07 Å². The fraction of sp³-hybridized carbons (Fsp3) is 0.167. The standard InChI is InChI=1S/C12H13N5O3/c1-16-7-8(6-15-16)5-14-12(18)9-3-2-4-10(11(9)13)17(19)20/h2-4,6-7H,5,13H2,1H3,(H,14,18). The second-order valence-corrected chi connectivity index (χ2v) is 4.20. The molecule has 20 heavy (non-hydrogen) atoms. The third kappa shape index (κ3) is 2.74. The molecular formula is C12H13N5O3. The molecule has 2 aromatic rings. The maximum absolute atomic E-state index is 12.0. The van der Waals surface area contributed by atoms with E-state index in [0.717, 1.165) is 5.56 Å². The van der Waals surface area contributed by atoms with Crippen LogP contribution in [0.1, 0.15) is 15.9 Å². The molecule has 0 unspecified atom stereocenters. The van der Waals surface area contributed by atoms with E-state index >= 15 is 0 Å². The number of nitrogen functional groups attached to an aromatic ring is 1. The Hall–Kier alpha value is -2.90. The van der Waals surface area contributed by atoms with Crippen molar-refractivity contribution in [3.8, 4) is 0 Å². The number of nitrogens with two attached hydrogens (primary N) is 1. The Labute approximate surface area is 114 Å². The molecule has 0 saturated heterocycles. The topological polar surface area (TPSA) is 116 Å². The lowest BCUT2D eigenvalue weighted by molar-refractivity contribution is -0.383. The Morgan fingerprint density at radius 3 is 2.90 bits per heavy atom. The van der Waals surface area contributed by atoms with Crippen LogP contribution >= 0.6 is 0 Å². The predicted octanol–water partition coefficient (Wildman–Crippen LogP) is 0.841. The first-order chi connectivity index (χ1) is 9.49. The second-order valence-electron chi connectivity index (χ2n) is 4.20. The fourth-order valence-corrected chi connectivity index (χ4v) is 1.75. The van der Waals surface area contributed by atoms with E-state index in [1.54, 1.807) is 24.1 Å². The minimum atomic E-state index is -0.618. The molecule has 0 fully saturated rings. The lowest BCUT2D eigenvalue weighted by atomic mass is 10.1. The predicted molar refractivity (Wildman–Crippen MR) is 71.9 cm³/mol. The number of aromatic nitrogens is 2. The first-order valence-corrected chi connectivity index (χ1v) is 5.77. The molecule has 8 heteroatoms. The first kappa shape index (κ1) is 13.5. The highest BCUT2D eigenvalue weighted by atomic mass is 16.6. The number of amides is 1. The van der Waals surface area contributed by atoms with Crippen molar-refractivity contribution in [3.05, 3.63) is 51.8 Å². The maximum atomic E-state index is 12.0. The summed E-state index contributed by atoms with van der Waals surface area (Å²) in [7, 11) is 1.77. The van der Waals surface area contributed by atoms with Crippen LogP contribution in [0.2, 0.25) is 0 Å². The highest BCUT2D eigenvalue weighted by Crippen LogP contribution is 2.24. The number of aryl methyl sites for hydroxylation is 1. The molecule has 0 atom stereocenters. The van der Waals surface area contributed by atoms with Crippen LogP contribution in [0, 0.1) is 10.1 Å². The highest BCUT2D eigenvalue weighted by Gasteiger charge is 2.18. The smallest absolute Gasteiger partial charge is 0.292 e. The second kappa shape index (κ2) is 5.39. The van der Waals surface area contributed by atoms with E-state index in [-0.39, 0.29) is 23.5 Å². The quantitative estimate of drug-likeness (QED) is 0.487. The molecule has 0 radical (unpaired) electrons. The number of hydrogen-bond acceptors (Lipinski definition) is 5. The Morgan fingerprint density at radius 1 is 1.55 bits per heavy atom. The van der Waals surface area contributed by atoms with E-state index in [1.807, 2.05) is 0 Å². The number of nitro groups is 1. The summed E-state index contributed by atoms with van der Waals surface area (Å²) in [5.41, 5.74) is 6.13. The van der Waals surface area contributed by atoms with Crippen molar-refractivity contribution in [2.45, 2.75) is 6.54 Å². The number of carbonyl (C=O) groups excluding carboxylic acids is 1. The SMILES string of the molecule is Cn1cc(CNC(=O)c2cccc([N+](=O)[O-])c2N)cn1. The molecule has 1 heterocycles. The van der Waals surface area contributed by atoms with Gasteiger partial charge in [-0.3, -0.25) is 19.6 Å². The molecule has 1 amide bonds. The molecule has 1 aromatic carbocycles. The number of nitro benzene ring substituents is 1. The minimum Gasteiger partial charge on any atom is -0.393 e. The van der Waals surface area contributed by atoms with Crippen LogP contribution < -0.4 is 11.1 Å². The maximum Gasteiger partial charge on any atom is 0.292 e. The van der Waals surface area contributed by atoms with E-state index in [2.05, 4.69) is 10.4 Å². The van der Waals surface area contributed by atoms with Gasteiger partial charge in [-0.25, -0.2) is 0 Å². The average Bonchev–Trinajstić information content (AvgIpc) is 2.81. The number of anilines is 1. The van der Waals surface area contributed by atoms with E-state index in [1.165, 1.54) is 18.2 Å². The Morgan fingerprint density at radius 2 is 2.30 bits per heavy atom. The molecule has 3 N–H and O–H groups in total. The largest absolute Gasteiger partial charge is 0.393 e. The summed E-state index contributed by atoms with van der Waals surface area (Å²) in [5, 5.41) is 17.4. The number of hydrogen-bond donors (Lipinski definition) is 2. The third-order valence-corrected chi connectivity index (χ3v) is 2.74. The molecule has 8 nitrogen and oxygen atoms in total. The molecule has 0 spiro atoms. The van der Waals surface area contributed by atoms with Gasteiger partial charge < -0.3 is 11.1 Å². The summed E-state index contributed by atoms with van der Waals surface area (Å²) in [6.07, 6.45) is 3.38. The van der Waals surface area contributed by atoms with E-state index < -0.39 is 10.8 Å². The van der Waals surface area contributed by atoms with Crippen LogP contribution in [0.15, 0.2) is 30.6 Å². The van der Waals surface area contributed by atoms with E-state index in [4.69, 9.17) is 5.73 Å². The molecule has 0 aliphatic carbocycles. The third-order valence-electron chi connectivity index (χ3n) is 2.74. The van der Waals surface area contributed by atoms with Crippen LogP contribution in [-0.4, -0.2) is 20.6 Å². The zero-order valence-electron chi connectivity index (χ0n) is 10.7. The van der Waals surface area contributed by atoms with Crippen molar-refractivity contribution >= 4 is 17.3 Å². The summed E-state index contributed by atoms with van der Waals surface area (Å²) < 4.78 is 1.61. The Balaban J connectivity index is 2.13. The number of nitrogens with one attached hydrogen (secondary N) is 1. The van der Waals surface area contributed by atoms with Gasteiger partial charge in [0, 0.05) is 31.4 Å². The summed E-state index contributed by atoms with van der Waals surface area (Å²) in [6.45, 7) is 0.273. The zero-order chi connectivity index (χ0) is 14.7. The fourth-order valence-electron chi connectivity index (χ4n) is 1.75. The summed E-state index contributed by atoms with van der Waals surface area (Å²) in [5.74, 6) is -0.463. The number of rotatable bonds is 4. The monoisotopic (exact) mass is 275 g/mol. The van der Waals surface area contributed by atoms with Crippen LogP contribution in [0.3, 0.4) is 0 Å². The van der Waals surface area contributed by atoms with E-state index in [9.17, 15) is 14.9 Å². The van der Waals surface area contributed by atoms with Crippen molar-refractivity contribution in [2.24, 2.45) is 7.05 Å². The van der Waals surface area contributed by atoms with Gasteiger partial charge in [0.25, 0.3) is 11.6 Å². The van der Waals surface area contributed by atoms with Gasteiger partial charge in [-0.1, -0.05) is 6.07 Å². The van der Waals surface area contributed by atoms with Crippen molar-refractivity contribution in [1.29, 1.82) is 0 Å². The number of benzene rings is 1. The molecule has 2 rings (SSSR count). The number of carbonyl (C=O) groups is 1. The van der Waals surface area contributed by atoms with Crippen molar-refractivity contribution in [1.82, 2.24) is 15.1 Å². The van der Waals surface area contributed by atoms with Crippen LogP contribution in [0.5, 0.6) is 0 Å². The average molecular weight is 275 g/mol. The van der Waals surface area contributed by atoms with Gasteiger partial charge in [-0.2, -0.15) is 5.10 Å². The Kier molecular flexibility index (Phi) is 3.65. The lowest BCUT2D eigenvalue weighted by Gasteiger charge is -2.06. The van der Waals surface area contributed by atoms with Crippen molar-refractivity contribution < 1.29 is 9.72 Å². The van der Waals surface area contributed by atoms with Gasteiger partial charge in [0.15, 0.2) is 0 Å². The zero-order valence-corrected chi connectivity index (χ0v) is 10.7. The molecule has 0 saturated carbocycles. The van der Waals surface area contributed by atoms with Crippen molar-refractivity contribution in [3.63, 3.8) is 0 Å². The van der Waals surface area contributed by atoms with Crippen LogP contribution in [0.25, 0.3) is 0 Å². The first-order valence-electron chi connectivity index (χ1n) is 5.77. The van der Waals surface area contributed by atoms with Gasteiger partial charge >= 0.3 is 0 Å². The van der Waals surface area contributed by atoms with Gasteiger partial charge in [-0.15, -0.1) is 0 Å². The Bertz CT molecular complexity index is 665. The van der Waals surface area contributed by atoms with Gasteiger partial charge in [0.1, 0.15) is 5.69 Å². The summed E-state index contributed by atoms with van der Waals surface area (Å²) >= 11 is 0. The molecule has 0 bridgehead atoms. The highest BCUT2D eigenvalue weighted by molar-refractivity contribution is 6.00. The van der Waals surface area contributed by atoms with Gasteiger partial charge in [0.05, 0.1) is 16.7 Å². The molecule has 104 valence electrons. The molecular weight excluding hydrogens is 262 g/mol. The number of para-hydroxylation sites is 1. The molecule has 0 aliphatic heterocycles. The minimum absolute atomic E-state index is 0.0862. The van der Waals surface area contributed by atoms with Crippen LogP contribution in [-0.2, 0) is 13.6 Å². The lowest BCUT2D eigenvalue weighted by Crippen LogP contribution is -2.23. The molecule has 1 aromatic heterocycles. The summed E-state index contributed by atoms with van der Waals surface area (Å²) in [4.78, 5) is 22.1. The van der Waals surface area contributed by atoms with E-state index in [0.29, 0.717) is 0 Å².